The highest BCUT2D eigenvalue weighted by Gasteiger charge is 2.21. The standard InChI is InChI=1S/C14H20ClNO2/c1-9(2)18-14-6-3-10(7-12(14)15)13(17)8-16-11-4-5-11/h3,6-7,9,11,13,16-17H,4-5,8H2,1-2H3. The molecule has 1 saturated carbocycles. The van der Waals surface area contributed by atoms with Crippen LogP contribution in [0.4, 0.5) is 0 Å². The van der Waals surface area contributed by atoms with Gasteiger partial charge in [0.1, 0.15) is 5.75 Å². The number of rotatable bonds is 6. The molecule has 0 radical (unpaired) electrons. The number of aliphatic hydroxyl groups is 1. The van der Waals surface area contributed by atoms with Crippen molar-refractivity contribution in [1.82, 2.24) is 5.32 Å². The van der Waals surface area contributed by atoms with Gasteiger partial charge in [-0.05, 0) is 44.4 Å². The van der Waals surface area contributed by atoms with Crippen molar-refractivity contribution < 1.29 is 9.84 Å². The van der Waals surface area contributed by atoms with E-state index in [1.807, 2.05) is 26.0 Å². The van der Waals surface area contributed by atoms with Gasteiger partial charge in [0.25, 0.3) is 0 Å². The van der Waals surface area contributed by atoms with E-state index in [0.717, 1.165) is 5.56 Å². The van der Waals surface area contributed by atoms with Gasteiger partial charge >= 0.3 is 0 Å². The van der Waals surface area contributed by atoms with Crippen molar-refractivity contribution in [2.24, 2.45) is 0 Å². The molecule has 2 rings (SSSR count). The molecule has 1 fully saturated rings. The first-order valence-electron chi connectivity index (χ1n) is 6.44. The summed E-state index contributed by atoms with van der Waals surface area (Å²) in [7, 11) is 0. The lowest BCUT2D eigenvalue weighted by molar-refractivity contribution is 0.174. The van der Waals surface area contributed by atoms with E-state index in [-0.39, 0.29) is 6.10 Å². The zero-order valence-electron chi connectivity index (χ0n) is 10.8. The summed E-state index contributed by atoms with van der Waals surface area (Å²) in [5.41, 5.74) is 0.823. The molecule has 0 amide bonds. The van der Waals surface area contributed by atoms with Crippen molar-refractivity contribution >= 4 is 11.6 Å². The second kappa shape index (κ2) is 5.91. The zero-order valence-corrected chi connectivity index (χ0v) is 11.6. The lowest BCUT2D eigenvalue weighted by Gasteiger charge is -2.15. The van der Waals surface area contributed by atoms with Crippen LogP contribution in [0.25, 0.3) is 0 Å². The first kappa shape index (κ1) is 13.7. The van der Waals surface area contributed by atoms with E-state index in [1.165, 1.54) is 12.8 Å². The molecule has 100 valence electrons. The Labute approximate surface area is 113 Å². The van der Waals surface area contributed by atoms with Gasteiger partial charge in [0, 0.05) is 12.6 Å². The van der Waals surface area contributed by atoms with Gasteiger partial charge < -0.3 is 15.2 Å². The Hall–Kier alpha value is -0.770. The van der Waals surface area contributed by atoms with E-state index in [4.69, 9.17) is 16.3 Å². The molecule has 0 spiro atoms. The smallest absolute Gasteiger partial charge is 0.138 e. The SMILES string of the molecule is CC(C)Oc1ccc(C(O)CNC2CC2)cc1Cl. The Morgan fingerprint density at radius 1 is 1.44 bits per heavy atom. The van der Waals surface area contributed by atoms with Crippen molar-refractivity contribution in [1.29, 1.82) is 0 Å². The van der Waals surface area contributed by atoms with Crippen LogP contribution in [0.1, 0.15) is 38.4 Å². The minimum Gasteiger partial charge on any atom is -0.489 e. The van der Waals surface area contributed by atoms with Gasteiger partial charge in [0.15, 0.2) is 0 Å². The van der Waals surface area contributed by atoms with Crippen LogP contribution in [-0.2, 0) is 0 Å². The lowest BCUT2D eigenvalue weighted by Crippen LogP contribution is -2.23. The number of aliphatic hydroxyl groups excluding tert-OH is 1. The van der Waals surface area contributed by atoms with Crippen molar-refractivity contribution in [3.8, 4) is 5.75 Å². The van der Waals surface area contributed by atoms with Crippen molar-refractivity contribution in [2.45, 2.75) is 44.9 Å². The van der Waals surface area contributed by atoms with Crippen LogP contribution in [-0.4, -0.2) is 23.8 Å². The largest absolute Gasteiger partial charge is 0.489 e. The number of hydrogen-bond acceptors (Lipinski definition) is 3. The van der Waals surface area contributed by atoms with E-state index >= 15 is 0 Å². The maximum Gasteiger partial charge on any atom is 0.138 e. The van der Waals surface area contributed by atoms with Gasteiger partial charge in [-0.1, -0.05) is 17.7 Å². The van der Waals surface area contributed by atoms with Crippen LogP contribution < -0.4 is 10.1 Å². The third kappa shape index (κ3) is 3.87. The van der Waals surface area contributed by atoms with Gasteiger partial charge in [0.05, 0.1) is 17.2 Å². The molecule has 18 heavy (non-hydrogen) atoms. The van der Waals surface area contributed by atoms with Crippen molar-refractivity contribution in [2.75, 3.05) is 6.54 Å². The first-order chi connectivity index (χ1) is 8.56. The summed E-state index contributed by atoms with van der Waals surface area (Å²) < 4.78 is 5.56. The van der Waals surface area contributed by atoms with Gasteiger partial charge in [-0.15, -0.1) is 0 Å². The molecule has 1 aliphatic rings. The number of ether oxygens (including phenoxy) is 1. The monoisotopic (exact) mass is 269 g/mol. The number of hydrogen-bond donors (Lipinski definition) is 2. The average molecular weight is 270 g/mol. The van der Waals surface area contributed by atoms with Gasteiger partial charge in [-0.25, -0.2) is 0 Å². The molecule has 1 aromatic carbocycles. The van der Waals surface area contributed by atoms with E-state index in [0.29, 0.717) is 23.4 Å². The Bertz CT molecular complexity index is 405. The van der Waals surface area contributed by atoms with Crippen LogP contribution in [0.5, 0.6) is 5.75 Å². The molecular weight excluding hydrogens is 250 g/mol. The predicted molar refractivity (Wildman–Crippen MR) is 73.2 cm³/mol. The quantitative estimate of drug-likeness (QED) is 0.834. The molecule has 0 saturated heterocycles. The van der Waals surface area contributed by atoms with Crippen molar-refractivity contribution in [3.05, 3.63) is 28.8 Å². The third-order valence-corrected chi connectivity index (χ3v) is 3.18. The van der Waals surface area contributed by atoms with Crippen LogP contribution in [0.15, 0.2) is 18.2 Å². The summed E-state index contributed by atoms with van der Waals surface area (Å²) in [5, 5.41) is 13.9. The Morgan fingerprint density at radius 2 is 2.17 bits per heavy atom. The maximum absolute atomic E-state index is 10.0. The molecule has 0 aliphatic heterocycles. The fourth-order valence-electron chi connectivity index (χ4n) is 1.76. The zero-order chi connectivity index (χ0) is 13.1. The van der Waals surface area contributed by atoms with Crippen molar-refractivity contribution in [3.63, 3.8) is 0 Å². The second-order valence-electron chi connectivity index (χ2n) is 5.05. The first-order valence-corrected chi connectivity index (χ1v) is 6.81. The summed E-state index contributed by atoms with van der Waals surface area (Å²) in [4.78, 5) is 0. The number of benzene rings is 1. The van der Waals surface area contributed by atoms with Gasteiger partial charge in [0.2, 0.25) is 0 Å². The Balaban J connectivity index is 1.97. The molecule has 1 aromatic rings. The summed E-state index contributed by atoms with van der Waals surface area (Å²) in [6.07, 6.45) is 2.01. The highest BCUT2D eigenvalue weighted by molar-refractivity contribution is 6.32. The normalized spacial score (nSPS) is 16.9. The number of halogens is 1. The van der Waals surface area contributed by atoms with Gasteiger partial charge in [-0.3, -0.25) is 0 Å². The molecule has 1 aliphatic carbocycles. The molecule has 1 atom stereocenters. The van der Waals surface area contributed by atoms with E-state index in [9.17, 15) is 5.11 Å². The van der Waals surface area contributed by atoms with E-state index < -0.39 is 6.10 Å². The minimum atomic E-state index is -0.517. The molecule has 0 heterocycles. The fourth-order valence-corrected chi connectivity index (χ4v) is 1.99. The molecular formula is C14H20ClNO2. The second-order valence-corrected chi connectivity index (χ2v) is 5.46. The lowest BCUT2D eigenvalue weighted by atomic mass is 10.1. The van der Waals surface area contributed by atoms with Gasteiger partial charge in [-0.2, -0.15) is 0 Å². The van der Waals surface area contributed by atoms with Crippen LogP contribution in [0, 0.1) is 0 Å². The maximum atomic E-state index is 10.0. The topological polar surface area (TPSA) is 41.5 Å². The molecule has 1 unspecified atom stereocenters. The summed E-state index contributed by atoms with van der Waals surface area (Å²) in [5.74, 6) is 0.665. The average Bonchev–Trinajstić information content (AvgIpc) is 3.12. The minimum absolute atomic E-state index is 0.0924. The molecule has 0 bridgehead atoms. The van der Waals surface area contributed by atoms with Crippen LogP contribution in [0.2, 0.25) is 5.02 Å². The third-order valence-electron chi connectivity index (χ3n) is 2.88. The molecule has 4 heteroatoms. The highest BCUT2D eigenvalue weighted by Crippen LogP contribution is 2.29. The Kier molecular flexibility index (Phi) is 4.49. The summed E-state index contributed by atoms with van der Waals surface area (Å²) in [6, 6.07) is 6.05. The molecule has 0 aromatic heterocycles. The van der Waals surface area contributed by atoms with Crippen LogP contribution in [0.3, 0.4) is 0 Å². The highest BCUT2D eigenvalue weighted by atomic mass is 35.5. The molecule has 3 nitrogen and oxygen atoms in total. The van der Waals surface area contributed by atoms with E-state index in [1.54, 1.807) is 6.07 Å². The fraction of sp³-hybridized carbons (Fsp3) is 0.571. The van der Waals surface area contributed by atoms with E-state index in [2.05, 4.69) is 5.32 Å². The summed E-state index contributed by atoms with van der Waals surface area (Å²) in [6.45, 7) is 4.49. The summed E-state index contributed by atoms with van der Waals surface area (Å²) >= 11 is 6.14. The number of nitrogens with one attached hydrogen (secondary N) is 1. The van der Waals surface area contributed by atoms with Crippen LogP contribution >= 0.6 is 11.6 Å². The predicted octanol–water partition coefficient (Wildman–Crippen LogP) is 2.91. The Morgan fingerprint density at radius 3 is 2.72 bits per heavy atom. The molecule has 2 N–H and O–H groups in total.